The molecule has 0 N–H and O–H groups in total. The number of nitrogens with zero attached hydrogens (tertiary/aromatic N) is 1. The molecule has 0 bridgehead atoms. The number of esters is 2. The first kappa shape index (κ1) is 27.8. The van der Waals surface area contributed by atoms with E-state index in [2.05, 4.69) is 20.8 Å². The Balaban J connectivity index is 1.69. The standard InChI is InChI=1S/C30H37NO7/c1-28(2,3)22-21-23(22)30(7,27(33)38-29(4,5)6)25(36-17-18-11-9-8-10-12-18)24(21)37-26(32)19-13-15-20(16-14-19)31(34)35/h8-16,21-25H,17H2,1-7H3/t21-,22-,23-,24-,25+,30-/m0/s1. The largest absolute Gasteiger partial charge is 0.459 e. The highest BCUT2D eigenvalue weighted by Crippen LogP contribution is 2.72. The Morgan fingerprint density at radius 2 is 1.58 bits per heavy atom. The van der Waals surface area contributed by atoms with Crippen LogP contribution in [0.25, 0.3) is 0 Å². The maximum atomic E-state index is 13.8. The van der Waals surface area contributed by atoms with Gasteiger partial charge in [-0.05, 0) is 62.6 Å². The van der Waals surface area contributed by atoms with Crippen LogP contribution in [0.15, 0.2) is 54.6 Å². The second-order valence-electron chi connectivity index (χ2n) is 12.7. The van der Waals surface area contributed by atoms with Crippen LogP contribution in [0.4, 0.5) is 5.69 Å². The molecular weight excluding hydrogens is 486 g/mol. The maximum absolute atomic E-state index is 13.8. The SMILES string of the molecule is CC(C)(C)OC(=O)[C@@]1(C)[C@H]2[C@@H]([C@H](OC(=O)c3ccc([N+](=O)[O-])cc3)[C@H]1OCc1ccccc1)[C@@H]2C(C)(C)C. The van der Waals surface area contributed by atoms with Crippen LogP contribution >= 0.6 is 0 Å². The van der Waals surface area contributed by atoms with Gasteiger partial charge in [0.05, 0.1) is 22.5 Å². The summed E-state index contributed by atoms with van der Waals surface area (Å²) >= 11 is 0. The van der Waals surface area contributed by atoms with Gasteiger partial charge in [0.1, 0.15) is 17.8 Å². The fourth-order valence-corrected chi connectivity index (χ4v) is 6.08. The minimum atomic E-state index is -1.04. The van der Waals surface area contributed by atoms with E-state index in [0.717, 1.165) is 5.56 Å². The molecule has 0 aliphatic heterocycles. The van der Waals surface area contributed by atoms with E-state index < -0.39 is 34.1 Å². The summed E-state index contributed by atoms with van der Waals surface area (Å²) in [5.74, 6) is -1.03. The molecule has 0 unspecified atom stereocenters. The van der Waals surface area contributed by atoms with Gasteiger partial charge in [0.15, 0.2) is 0 Å². The van der Waals surface area contributed by atoms with Gasteiger partial charge in [-0.2, -0.15) is 0 Å². The Kier molecular flexibility index (Phi) is 7.16. The molecule has 2 aromatic rings. The molecule has 2 saturated carbocycles. The second-order valence-corrected chi connectivity index (χ2v) is 12.7. The van der Waals surface area contributed by atoms with E-state index in [4.69, 9.17) is 14.2 Å². The first-order valence-corrected chi connectivity index (χ1v) is 13.0. The van der Waals surface area contributed by atoms with E-state index in [-0.39, 0.29) is 47.0 Å². The zero-order valence-electron chi connectivity index (χ0n) is 23.1. The molecular formula is C30H37NO7. The number of non-ortho nitro benzene ring substituents is 1. The number of nitro groups is 1. The van der Waals surface area contributed by atoms with E-state index in [1.807, 2.05) is 58.0 Å². The molecule has 0 aromatic heterocycles. The number of benzene rings is 2. The van der Waals surface area contributed by atoms with Gasteiger partial charge in [-0.15, -0.1) is 0 Å². The summed E-state index contributed by atoms with van der Waals surface area (Å²) in [7, 11) is 0. The molecule has 0 spiro atoms. The van der Waals surface area contributed by atoms with Gasteiger partial charge >= 0.3 is 11.9 Å². The lowest BCUT2D eigenvalue weighted by Crippen LogP contribution is -2.50. The quantitative estimate of drug-likeness (QED) is 0.250. The van der Waals surface area contributed by atoms with Crippen LogP contribution in [0.5, 0.6) is 0 Å². The summed E-state index contributed by atoms with van der Waals surface area (Å²) in [4.78, 5) is 37.6. The summed E-state index contributed by atoms with van der Waals surface area (Å²) < 4.78 is 18.5. The highest BCUT2D eigenvalue weighted by atomic mass is 16.6. The molecule has 0 saturated heterocycles. The van der Waals surface area contributed by atoms with Gasteiger partial charge in [0.2, 0.25) is 0 Å². The Morgan fingerprint density at radius 1 is 0.974 bits per heavy atom. The van der Waals surface area contributed by atoms with Crippen LogP contribution in [-0.2, 0) is 25.6 Å². The molecule has 2 aliphatic rings. The number of rotatable bonds is 7. The molecule has 6 atom stereocenters. The van der Waals surface area contributed by atoms with Gasteiger partial charge < -0.3 is 14.2 Å². The van der Waals surface area contributed by atoms with Crippen molar-refractivity contribution in [3.8, 4) is 0 Å². The summed E-state index contributed by atoms with van der Waals surface area (Å²) in [6, 6.07) is 14.9. The van der Waals surface area contributed by atoms with Crippen molar-refractivity contribution in [3.05, 3.63) is 75.8 Å². The lowest BCUT2D eigenvalue weighted by molar-refractivity contribution is -0.384. The molecule has 2 aliphatic carbocycles. The van der Waals surface area contributed by atoms with Gasteiger partial charge in [-0.25, -0.2) is 4.79 Å². The highest BCUT2D eigenvalue weighted by Gasteiger charge is 2.79. The average Bonchev–Trinajstić information content (AvgIpc) is 3.54. The fourth-order valence-electron chi connectivity index (χ4n) is 6.08. The van der Waals surface area contributed by atoms with Crippen molar-refractivity contribution in [1.82, 2.24) is 0 Å². The van der Waals surface area contributed by atoms with Crippen LogP contribution in [0.1, 0.15) is 64.4 Å². The van der Waals surface area contributed by atoms with Crippen molar-refractivity contribution in [1.29, 1.82) is 0 Å². The van der Waals surface area contributed by atoms with Crippen molar-refractivity contribution in [2.75, 3.05) is 0 Å². The summed E-state index contributed by atoms with van der Waals surface area (Å²) in [5, 5.41) is 11.0. The smallest absolute Gasteiger partial charge is 0.338 e. The van der Waals surface area contributed by atoms with Crippen LogP contribution in [0, 0.1) is 38.7 Å². The minimum absolute atomic E-state index is 0.0877. The first-order valence-electron chi connectivity index (χ1n) is 13.0. The molecule has 8 heteroatoms. The molecule has 8 nitrogen and oxygen atoms in total. The lowest BCUT2D eigenvalue weighted by atomic mass is 9.74. The van der Waals surface area contributed by atoms with Gasteiger partial charge in [0, 0.05) is 18.1 Å². The Bertz CT molecular complexity index is 1200. The van der Waals surface area contributed by atoms with E-state index in [0.29, 0.717) is 0 Å². The van der Waals surface area contributed by atoms with E-state index in [9.17, 15) is 19.7 Å². The number of hydrogen-bond donors (Lipinski definition) is 0. The number of nitro benzene ring substituents is 1. The van der Waals surface area contributed by atoms with E-state index >= 15 is 0 Å². The molecule has 204 valence electrons. The predicted octanol–water partition coefficient (Wildman–Crippen LogP) is 5.98. The average molecular weight is 524 g/mol. The molecule has 0 heterocycles. The summed E-state index contributed by atoms with van der Waals surface area (Å²) in [6.07, 6.45) is -1.42. The maximum Gasteiger partial charge on any atom is 0.338 e. The van der Waals surface area contributed by atoms with Crippen LogP contribution in [-0.4, -0.2) is 34.7 Å². The van der Waals surface area contributed by atoms with Gasteiger partial charge in [0.25, 0.3) is 5.69 Å². The Labute approximate surface area is 223 Å². The van der Waals surface area contributed by atoms with Crippen molar-refractivity contribution in [2.45, 2.75) is 72.9 Å². The summed E-state index contributed by atoms with van der Waals surface area (Å²) in [6.45, 7) is 14.0. The normalized spacial score (nSPS) is 28.3. The van der Waals surface area contributed by atoms with Gasteiger partial charge in [-0.3, -0.25) is 14.9 Å². The highest BCUT2D eigenvalue weighted by molar-refractivity contribution is 5.90. The molecule has 0 amide bonds. The van der Waals surface area contributed by atoms with Crippen molar-refractivity contribution in [2.24, 2.45) is 28.6 Å². The number of hydrogen-bond acceptors (Lipinski definition) is 7. The Morgan fingerprint density at radius 3 is 2.11 bits per heavy atom. The minimum Gasteiger partial charge on any atom is -0.459 e. The Hall–Kier alpha value is -3.26. The molecule has 2 aromatic carbocycles. The van der Waals surface area contributed by atoms with Crippen molar-refractivity contribution >= 4 is 17.6 Å². The number of carbonyl (C=O) groups is 2. The lowest BCUT2D eigenvalue weighted by Gasteiger charge is -2.39. The van der Waals surface area contributed by atoms with Crippen molar-refractivity contribution < 1.29 is 28.7 Å². The zero-order valence-corrected chi connectivity index (χ0v) is 23.1. The first-order chi connectivity index (χ1) is 17.6. The third kappa shape index (κ3) is 5.32. The van der Waals surface area contributed by atoms with E-state index in [1.54, 1.807) is 0 Å². The number of ether oxygens (including phenoxy) is 3. The number of carbonyl (C=O) groups excluding carboxylic acids is 2. The van der Waals surface area contributed by atoms with E-state index in [1.165, 1.54) is 24.3 Å². The number of fused-ring (bicyclic) bond motifs is 1. The molecule has 38 heavy (non-hydrogen) atoms. The van der Waals surface area contributed by atoms with Crippen molar-refractivity contribution in [3.63, 3.8) is 0 Å². The fraction of sp³-hybridized carbons (Fsp3) is 0.533. The van der Waals surface area contributed by atoms with Crippen LogP contribution in [0.2, 0.25) is 0 Å². The van der Waals surface area contributed by atoms with Crippen LogP contribution < -0.4 is 0 Å². The second kappa shape index (κ2) is 9.80. The molecule has 2 fully saturated rings. The predicted molar refractivity (Wildman–Crippen MR) is 141 cm³/mol. The molecule has 4 rings (SSSR count). The monoisotopic (exact) mass is 523 g/mol. The third-order valence-corrected chi connectivity index (χ3v) is 7.70. The van der Waals surface area contributed by atoms with Gasteiger partial charge in [-0.1, -0.05) is 51.1 Å². The topological polar surface area (TPSA) is 105 Å². The summed E-state index contributed by atoms with van der Waals surface area (Å²) in [5.41, 5.74) is -0.843. The van der Waals surface area contributed by atoms with Crippen LogP contribution in [0.3, 0.4) is 0 Å². The zero-order chi connectivity index (χ0) is 28.0. The molecule has 0 radical (unpaired) electrons. The third-order valence-electron chi connectivity index (χ3n) is 7.70.